The van der Waals surface area contributed by atoms with Crippen LogP contribution in [0.2, 0.25) is 0 Å². The molecule has 4 N–H and O–H groups in total. The van der Waals surface area contributed by atoms with Crippen LogP contribution in [0.5, 0.6) is 17.2 Å². The molecule has 196 valence electrons. The van der Waals surface area contributed by atoms with E-state index in [0.29, 0.717) is 29.4 Å². The highest BCUT2D eigenvalue weighted by atomic mass is 16.5. The van der Waals surface area contributed by atoms with Crippen molar-refractivity contribution in [3.05, 3.63) is 59.5 Å². The molecule has 2 aliphatic heterocycles. The van der Waals surface area contributed by atoms with Gasteiger partial charge in [-0.1, -0.05) is 35.4 Å². The van der Waals surface area contributed by atoms with Crippen molar-refractivity contribution in [3.63, 3.8) is 0 Å². The number of methoxy groups -OCH3 is 1. The van der Waals surface area contributed by atoms with E-state index in [1.807, 2.05) is 30.3 Å². The zero-order valence-corrected chi connectivity index (χ0v) is 20.4. The van der Waals surface area contributed by atoms with Crippen LogP contribution >= 0.6 is 0 Å². The lowest BCUT2D eigenvalue weighted by Gasteiger charge is -2.28. The number of fused-ring (bicyclic) bond motifs is 3. The second kappa shape index (κ2) is 9.49. The third-order valence-corrected chi connectivity index (χ3v) is 7.56. The number of morpholine rings is 1. The Labute approximate surface area is 213 Å². The molecule has 0 amide bonds. The molecule has 5 atom stereocenters. The summed E-state index contributed by atoms with van der Waals surface area (Å²) in [4.78, 5) is 2.28. The zero-order chi connectivity index (χ0) is 25.6. The minimum atomic E-state index is -1.80. The van der Waals surface area contributed by atoms with Crippen molar-refractivity contribution in [1.29, 1.82) is 0 Å². The van der Waals surface area contributed by atoms with Gasteiger partial charge in [-0.25, -0.2) is 0 Å². The fraction of sp³-hybridized carbons (Fsp3) is 0.462. The molecular formula is C26H30N4O7. The molecule has 11 nitrogen and oxygen atoms in total. The minimum Gasteiger partial charge on any atom is -0.496 e. The maximum atomic E-state index is 12.1. The highest BCUT2D eigenvalue weighted by Crippen LogP contribution is 2.62. The van der Waals surface area contributed by atoms with Crippen molar-refractivity contribution in [1.82, 2.24) is 15.1 Å². The van der Waals surface area contributed by atoms with Gasteiger partial charge in [-0.3, -0.25) is 4.90 Å². The number of aliphatic hydroxyl groups excluding tert-OH is 1. The molecule has 3 aliphatic rings. The first-order valence-corrected chi connectivity index (χ1v) is 12.4. The summed E-state index contributed by atoms with van der Waals surface area (Å²) >= 11 is 0. The lowest BCUT2D eigenvalue weighted by molar-refractivity contribution is -0.0956. The Balaban J connectivity index is 1.34. The van der Waals surface area contributed by atoms with Gasteiger partial charge in [0.2, 0.25) is 5.89 Å². The molecule has 0 spiro atoms. The zero-order valence-electron chi connectivity index (χ0n) is 20.4. The number of aromatic nitrogens is 2. The molecule has 37 heavy (non-hydrogen) atoms. The number of aliphatic hydroxyl groups is 2. The quantitative estimate of drug-likeness (QED) is 0.422. The number of hydrogen-bond acceptors (Lipinski definition) is 11. The first-order chi connectivity index (χ1) is 18.0. The number of rotatable bonds is 7. The van der Waals surface area contributed by atoms with Crippen LogP contribution in [0.25, 0.3) is 0 Å². The molecule has 2 fully saturated rings. The van der Waals surface area contributed by atoms with Crippen molar-refractivity contribution in [2.75, 3.05) is 52.3 Å². The maximum Gasteiger partial charge on any atom is 0.312 e. The smallest absolute Gasteiger partial charge is 0.312 e. The molecule has 2 aromatic carbocycles. The van der Waals surface area contributed by atoms with Gasteiger partial charge in [0.15, 0.2) is 5.60 Å². The lowest BCUT2D eigenvalue weighted by atomic mass is 9.86. The van der Waals surface area contributed by atoms with Crippen molar-refractivity contribution in [3.8, 4) is 17.2 Å². The molecule has 1 aliphatic carbocycles. The molecule has 1 aromatic heterocycles. The average molecular weight is 511 g/mol. The van der Waals surface area contributed by atoms with Crippen molar-refractivity contribution >= 4 is 6.01 Å². The Kier molecular flexibility index (Phi) is 6.15. The molecule has 1 saturated heterocycles. The first-order valence-electron chi connectivity index (χ1n) is 12.4. The van der Waals surface area contributed by atoms with Crippen LogP contribution in [0.4, 0.5) is 6.01 Å². The SMILES string of the molecule is COc1cc(OCCN2CCOCC2)cc2c1[C@]1(O)C(O)C(c3nnc(N)o3)[C@@H](c3ccccc3)C1O2. The predicted molar refractivity (Wildman–Crippen MR) is 131 cm³/mol. The van der Waals surface area contributed by atoms with Crippen molar-refractivity contribution in [2.45, 2.75) is 29.6 Å². The molecule has 0 bridgehead atoms. The van der Waals surface area contributed by atoms with E-state index in [1.165, 1.54) is 7.11 Å². The van der Waals surface area contributed by atoms with Gasteiger partial charge in [0.1, 0.15) is 36.1 Å². The average Bonchev–Trinajstić information content (AvgIpc) is 3.54. The van der Waals surface area contributed by atoms with Crippen LogP contribution in [0.15, 0.2) is 46.9 Å². The van der Waals surface area contributed by atoms with Gasteiger partial charge in [0.05, 0.1) is 31.8 Å². The van der Waals surface area contributed by atoms with Gasteiger partial charge in [0, 0.05) is 37.7 Å². The van der Waals surface area contributed by atoms with Crippen LogP contribution in [-0.2, 0) is 10.3 Å². The Hall–Kier alpha value is -3.38. The molecule has 0 radical (unpaired) electrons. The van der Waals surface area contributed by atoms with E-state index in [1.54, 1.807) is 12.1 Å². The van der Waals surface area contributed by atoms with Gasteiger partial charge >= 0.3 is 6.01 Å². The summed E-state index contributed by atoms with van der Waals surface area (Å²) in [5.41, 5.74) is 5.10. The normalized spacial score (nSPS) is 28.9. The first kappa shape index (κ1) is 24.0. The summed E-state index contributed by atoms with van der Waals surface area (Å²) in [6.45, 7) is 4.44. The summed E-state index contributed by atoms with van der Waals surface area (Å²) in [6.07, 6.45) is -2.19. The number of anilines is 1. The second-order valence-electron chi connectivity index (χ2n) is 9.55. The molecule has 1 saturated carbocycles. The van der Waals surface area contributed by atoms with Gasteiger partial charge < -0.3 is 39.3 Å². The lowest BCUT2D eigenvalue weighted by Crippen LogP contribution is -2.43. The fourth-order valence-electron chi connectivity index (χ4n) is 5.83. The van der Waals surface area contributed by atoms with Crippen LogP contribution in [0, 0.1) is 0 Å². The third-order valence-electron chi connectivity index (χ3n) is 7.56. The summed E-state index contributed by atoms with van der Waals surface area (Å²) < 4.78 is 29.0. The fourth-order valence-corrected chi connectivity index (χ4v) is 5.83. The molecular weight excluding hydrogens is 480 g/mol. The number of ether oxygens (including phenoxy) is 4. The number of nitrogens with zero attached hydrogens (tertiary/aromatic N) is 3. The standard InChI is InChI=1S/C26H30N4O7/c1-33-17-13-16(35-12-9-30-7-10-34-11-8-30)14-18-21(17)26(32)22(31)20(24-28-29-25(27)37-24)19(23(26)36-18)15-5-3-2-4-6-15/h2-6,13-14,19-20,22-23,31-32H,7-12H2,1H3,(H2,27,29)/t19-,20?,22?,23?,26+/m1/s1. The minimum absolute atomic E-state index is 0.115. The highest BCUT2D eigenvalue weighted by Gasteiger charge is 2.68. The molecule has 6 rings (SSSR count). The summed E-state index contributed by atoms with van der Waals surface area (Å²) in [7, 11) is 1.51. The van der Waals surface area contributed by atoms with Gasteiger partial charge in [0.25, 0.3) is 0 Å². The van der Waals surface area contributed by atoms with Gasteiger partial charge in [-0.05, 0) is 5.56 Å². The molecule has 3 heterocycles. The second-order valence-corrected chi connectivity index (χ2v) is 9.55. The number of benzene rings is 2. The van der Waals surface area contributed by atoms with Gasteiger partial charge in [-0.15, -0.1) is 5.10 Å². The van der Waals surface area contributed by atoms with E-state index in [9.17, 15) is 10.2 Å². The topological polar surface area (TPSA) is 146 Å². The van der Waals surface area contributed by atoms with E-state index < -0.39 is 29.6 Å². The van der Waals surface area contributed by atoms with Crippen LogP contribution in [0.1, 0.15) is 28.9 Å². The van der Waals surface area contributed by atoms with E-state index in [4.69, 9.17) is 29.1 Å². The number of nitrogen functional groups attached to an aromatic ring is 1. The number of hydrogen-bond donors (Lipinski definition) is 3. The monoisotopic (exact) mass is 510 g/mol. The Morgan fingerprint density at radius 1 is 1.14 bits per heavy atom. The van der Waals surface area contributed by atoms with E-state index in [-0.39, 0.29) is 11.9 Å². The summed E-state index contributed by atoms with van der Waals surface area (Å²) in [6, 6.07) is 12.8. The van der Waals surface area contributed by atoms with E-state index >= 15 is 0 Å². The Bertz CT molecular complexity index is 1250. The largest absolute Gasteiger partial charge is 0.496 e. The Morgan fingerprint density at radius 3 is 2.62 bits per heavy atom. The van der Waals surface area contributed by atoms with Crippen LogP contribution in [-0.4, -0.2) is 84.1 Å². The van der Waals surface area contributed by atoms with Gasteiger partial charge in [-0.2, -0.15) is 0 Å². The molecule has 3 unspecified atom stereocenters. The van der Waals surface area contributed by atoms with Crippen molar-refractivity contribution in [2.24, 2.45) is 0 Å². The van der Waals surface area contributed by atoms with Crippen LogP contribution < -0.4 is 19.9 Å². The van der Waals surface area contributed by atoms with Crippen molar-refractivity contribution < 1.29 is 33.6 Å². The summed E-state index contributed by atoms with van der Waals surface area (Å²) in [5.74, 6) is 0.179. The summed E-state index contributed by atoms with van der Waals surface area (Å²) in [5, 5.41) is 31.6. The van der Waals surface area contributed by atoms with E-state index in [0.717, 1.165) is 38.4 Å². The highest BCUT2D eigenvalue weighted by molar-refractivity contribution is 5.59. The Morgan fingerprint density at radius 2 is 1.92 bits per heavy atom. The molecule has 11 heteroatoms. The predicted octanol–water partition coefficient (Wildman–Crippen LogP) is 1.26. The molecule has 3 aromatic rings. The number of nitrogens with two attached hydrogens (primary N) is 1. The van der Waals surface area contributed by atoms with E-state index in [2.05, 4.69) is 15.1 Å². The third kappa shape index (κ3) is 3.98. The maximum absolute atomic E-state index is 12.1. The van der Waals surface area contributed by atoms with Crippen LogP contribution in [0.3, 0.4) is 0 Å².